The Labute approximate surface area is 106 Å². The summed E-state index contributed by atoms with van der Waals surface area (Å²) in [5, 5.41) is 2.90. The number of carbonyl (C=O) groups is 1. The highest BCUT2D eigenvalue weighted by atomic mass is 79.9. The van der Waals surface area contributed by atoms with Gasteiger partial charge in [0, 0.05) is 18.7 Å². The van der Waals surface area contributed by atoms with Crippen molar-refractivity contribution in [2.24, 2.45) is 0 Å². The van der Waals surface area contributed by atoms with E-state index in [1.807, 2.05) is 0 Å². The van der Waals surface area contributed by atoms with Crippen LogP contribution in [0, 0.1) is 11.6 Å². The second kappa shape index (κ2) is 5.10. The molecule has 0 saturated carbocycles. The fourth-order valence-electron chi connectivity index (χ4n) is 1.72. The van der Waals surface area contributed by atoms with E-state index in [0.29, 0.717) is 13.1 Å². The Morgan fingerprint density at radius 3 is 2.88 bits per heavy atom. The first-order valence-corrected chi connectivity index (χ1v) is 6.00. The lowest BCUT2D eigenvalue weighted by Crippen LogP contribution is -2.47. The summed E-state index contributed by atoms with van der Waals surface area (Å²) in [4.78, 5) is 13.0. The van der Waals surface area contributed by atoms with Gasteiger partial charge in [-0.25, -0.2) is 8.78 Å². The monoisotopic (exact) mass is 304 g/mol. The third-order valence-electron chi connectivity index (χ3n) is 2.68. The van der Waals surface area contributed by atoms with Crippen molar-refractivity contribution in [3.8, 4) is 0 Å². The average Bonchev–Trinajstić information content (AvgIpc) is 2.32. The van der Waals surface area contributed by atoms with Crippen LogP contribution in [0.15, 0.2) is 16.6 Å². The zero-order chi connectivity index (χ0) is 12.4. The fourth-order valence-corrected chi connectivity index (χ4v) is 2.09. The summed E-state index contributed by atoms with van der Waals surface area (Å²) in [5.41, 5.74) is -0.0744. The van der Waals surface area contributed by atoms with E-state index in [1.54, 1.807) is 0 Å². The quantitative estimate of drug-likeness (QED) is 0.843. The third-order valence-corrected chi connectivity index (χ3v) is 3.29. The van der Waals surface area contributed by atoms with E-state index < -0.39 is 11.6 Å². The molecule has 1 N–H and O–H groups in total. The first-order chi connectivity index (χ1) is 8.09. The second-order valence-electron chi connectivity index (χ2n) is 3.81. The molecule has 3 nitrogen and oxygen atoms in total. The molecule has 0 aromatic heterocycles. The molecule has 0 radical (unpaired) electrons. The summed E-state index contributed by atoms with van der Waals surface area (Å²) < 4.78 is 27.4. The minimum atomic E-state index is -0.642. The summed E-state index contributed by atoms with van der Waals surface area (Å²) in [6.45, 7) is 1.29. The minimum Gasteiger partial charge on any atom is -0.336 e. The molecule has 1 saturated heterocycles. The number of benzene rings is 1. The molecule has 17 heavy (non-hydrogen) atoms. The Balaban J connectivity index is 2.23. The molecule has 92 valence electrons. The van der Waals surface area contributed by atoms with Crippen LogP contribution in [0.1, 0.15) is 5.56 Å². The molecule has 1 aliphatic heterocycles. The van der Waals surface area contributed by atoms with E-state index in [9.17, 15) is 13.6 Å². The van der Waals surface area contributed by atoms with Crippen molar-refractivity contribution in [3.63, 3.8) is 0 Å². The van der Waals surface area contributed by atoms with Gasteiger partial charge in [-0.15, -0.1) is 0 Å². The van der Waals surface area contributed by atoms with Gasteiger partial charge in [0.2, 0.25) is 5.91 Å². The number of nitrogens with one attached hydrogen (secondary N) is 1. The Hall–Kier alpha value is -1.01. The van der Waals surface area contributed by atoms with Crippen LogP contribution in [0.25, 0.3) is 0 Å². The van der Waals surface area contributed by atoms with Crippen LogP contribution in [0.3, 0.4) is 0 Å². The molecule has 1 aliphatic rings. The van der Waals surface area contributed by atoms with Gasteiger partial charge >= 0.3 is 0 Å². The first kappa shape index (κ1) is 12.4. The number of carbonyl (C=O) groups excluding carboxylic acids is 1. The molecule has 0 unspecified atom stereocenters. The van der Waals surface area contributed by atoms with Gasteiger partial charge in [0.15, 0.2) is 0 Å². The molecule has 0 bridgehead atoms. The topological polar surface area (TPSA) is 32.3 Å². The van der Waals surface area contributed by atoms with Gasteiger partial charge in [-0.2, -0.15) is 0 Å². The largest absolute Gasteiger partial charge is 0.336 e. The van der Waals surface area contributed by atoms with Gasteiger partial charge in [0.25, 0.3) is 0 Å². The molecule has 1 fully saturated rings. The lowest BCUT2D eigenvalue weighted by Gasteiger charge is -2.27. The summed E-state index contributed by atoms with van der Waals surface area (Å²) in [6.07, 6.45) is 0. The zero-order valence-corrected chi connectivity index (χ0v) is 10.6. The van der Waals surface area contributed by atoms with E-state index in [-0.39, 0.29) is 29.0 Å². The van der Waals surface area contributed by atoms with Crippen molar-refractivity contribution >= 4 is 21.8 Å². The Kier molecular flexibility index (Phi) is 3.73. The summed E-state index contributed by atoms with van der Waals surface area (Å²) >= 11 is 3.00. The number of nitrogens with zero attached hydrogens (tertiary/aromatic N) is 1. The summed E-state index contributed by atoms with van der Waals surface area (Å²) in [6, 6.07) is 2.50. The highest BCUT2D eigenvalue weighted by molar-refractivity contribution is 9.10. The van der Waals surface area contributed by atoms with Gasteiger partial charge < -0.3 is 10.2 Å². The van der Waals surface area contributed by atoms with E-state index >= 15 is 0 Å². The van der Waals surface area contributed by atoms with E-state index in [1.165, 1.54) is 17.0 Å². The molecule has 0 spiro atoms. The molecule has 1 aromatic carbocycles. The maximum Gasteiger partial charge on any atom is 0.236 e. The molecule has 6 heteroatoms. The number of amides is 1. The Bertz CT molecular complexity index is 453. The molecular weight excluding hydrogens is 294 g/mol. The molecule has 2 rings (SSSR count). The maximum absolute atomic E-state index is 13.7. The molecule has 1 amide bonds. The second-order valence-corrected chi connectivity index (χ2v) is 4.67. The summed E-state index contributed by atoms with van der Waals surface area (Å²) in [5.74, 6) is -1.41. The third kappa shape index (κ3) is 2.63. The smallest absolute Gasteiger partial charge is 0.236 e. The Morgan fingerprint density at radius 2 is 2.18 bits per heavy atom. The molecule has 1 heterocycles. The molecular formula is C11H11BrF2N2O. The van der Waals surface area contributed by atoms with Crippen LogP contribution in [0.4, 0.5) is 8.78 Å². The Morgan fingerprint density at radius 1 is 1.41 bits per heavy atom. The first-order valence-electron chi connectivity index (χ1n) is 5.20. The van der Waals surface area contributed by atoms with E-state index in [4.69, 9.17) is 0 Å². The predicted molar refractivity (Wildman–Crippen MR) is 62.3 cm³/mol. The number of hydrogen-bond donors (Lipinski definition) is 1. The fraction of sp³-hybridized carbons (Fsp3) is 0.364. The minimum absolute atomic E-state index is 0.0301. The standard InChI is InChI=1S/C11H11BrF2N2O/c12-8-1-2-9(13)7(11(8)14)6-16-4-3-15-5-10(16)17/h1-2,15H,3-6H2. The van der Waals surface area contributed by atoms with Crippen LogP contribution >= 0.6 is 15.9 Å². The van der Waals surface area contributed by atoms with E-state index in [2.05, 4.69) is 21.2 Å². The van der Waals surface area contributed by atoms with Gasteiger partial charge in [-0.1, -0.05) is 0 Å². The van der Waals surface area contributed by atoms with Gasteiger partial charge in [0.1, 0.15) is 11.6 Å². The number of halogens is 3. The van der Waals surface area contributed by atoms with Gasteiger partial charge in [-0.3, -0.25) is 4.79 Å². The zero-order valence-electron chi connectivity index (χ0n) is 8.97. The molecule has 1 aromatic rings. The maximum atomic E-state index is 13.7. The van der Waals surface area contributed by atoms with Crippen molar-refractivity contribution in [2.45, 2.75) is 6.54 Å². The van der Waals surface area contributed by atoms with Crippen LogP contribution in [-0.2, 0) is 11.3 Å². The lowest BCUT2D eigenvalue weighted by atomic mass is 10.1. The number of hydrogen-bond acceptors (Lipinski definition) is 2. The van der Waals surface area contributed by atoms with Crippen molar-refractivity contribution in [2.75, 3.05) is 19.6 Å². The van der Waals surface area contributed by atoms with Crippen molar-refractivity contribution in [1.29, 1.82) is 0 Å². The van der Waals surface area contributed by atoms with Crippen molar-refractivity contribution in [3.05, 3.63) is 33.8 Å². The normalized spacial score (nSPS) is 16.4. The van der Waals surface area contributed by atoms with Gasteiger partial charge in [-0.05, 0) is 28.1 Å². The summed E-state index contributed by atoms with van der Waals surface area (Å²) in [7, 11) is 0. The SMILES string of the molecule is O=C1CNCCN1Cc1c(F)ccc(Br)c1F. The molecule has 0 atom stereocenters. The average molecular weight is 305 g/mol. The lowest BCUT2D eigenvalue weighted by molar-refractivity contribution is -0.132. The van der Waals surface area contributed by atoms with Crippen LogP contribution in [-0.4, -0.2) is 30.4 Å². The van der Waals surface area contributed by atoms with Crippen LogP contribution in [0.5, 0.6) is 0 Å². The van der Waals surface area contributed by atoms with Gasteiger partial charge in [0.05, 0.1) is 17.6 Å². The highest BCUT2D eigenvalue weighted by Gasteiger charge is 2.21. The van der Waals surface area contributed by atoms with Crippen molar-refractivity contribution in [1.82, 2.24) is 10.2 Å². The van der Waals surface area contributed by atoms with E-state index in [0.717, 1.165) is 0 Å². The molecule has 0 aliphatic carbocycles. The van der Waals surface area contributed by atoms with Crippen LogP contribution < -0.4 is 5.32 Å². The van der Waals surface area contributed by atoms with Crippen LogP contribution in [0.2, 0.25) is 0 Å². The predicted octanol–water partition coefficient (Wildman–Crippen LogP) is 1.66. The highest BCUT2D eigenvalue weighted by Crippen LogP contribution is 2.23. The number of rotatable bonds is 2. The van der Waals surface area contributed by atoms with Crippen molar-refractivity contribution < 1.29 is 13.6 Å². The number of piperazine rings is 1.